The Kier molecular flexibility index (Phi) is 1.87. The molecule has 0 aliphatic heterocycles. The second kappa shape index (κ2) is 2.49. The van der Waals surface area contributed by atoms with Gasteiger partial charge >= 0.3 is 0 Å². The van der Waals surface area contributed by atoms with Crippen LogP contribution in [0.15, 0.2) is 9.62 Å². The van der Waals surface area contributed by atoms with Crippen LogP contribution in [0.5, 0.6) is 0 Å². The third-order valence-electron chi connectivity index (χ3n) is 0.816. The summed E-state index contributed by atoms with van der Waals surface area (Å²) in [6, 6.07) is 0. The summed E-state index contributed by atoms with van der Waals surface area (Å²) in [7, 11) is 0. The van der Waals surface area contributed by atoms with E-state index in [1.165, 1.54) is 11.8 Å². The first kappa shape index (κ1) is 6.77. The van der Waals surface area contributed by atoms with E-state index in [9.17, 15) is 0 Å². The SMILES string of the molecule is CSc1onc(N)c1Cl. The van der Waals surface area contributed by atoms with Gasteiger partial charge in [-0.2, -0.15) is 0 Å². The van der Waals surface area contributed by atoms with E-state index in [2.05, 4.69) is 5.16 Å². The molecule has 0 aromatic carbocycles. The Hall–Kier alpha value is -0.350. The van der Waals surface area contributed by atoms with E-state index in [1.807, 2.05) is 6.26 Å². The van der Waals surface area contributed by atoms with Crippen molar-refractivity contribution < 1.29 is 4.52 Å². The van der Waals surface area contributed by atoms with Crippen molar-refractivity contribution in [1.29, 1.82) is 0 Å². The lowest BCUT2D eigenvalue weighted by Gasteiger charge is -1.83. The molecule has 0 radical (unpaired) electrons. The first-order chi connectivity index (χ1) is 4.25. The number of hydrogen-bond donors (Lipinski definition) is 1. The third kappa shape index (κ3) is 1.14. The van der Waals surface area contributed by atoms with Gasteiger partial charge in [-0.1, -0.05) is 28.5 Å². The predicted molar refractivity (Wildman–Crippen MR) is 37.7 cm³/mol. The number of nitrogens with two attached hydrogens (primary N) is 1. The van der Waals surface area contributed by atoms with Crippen LogP contribution in [0, 0.1) is 0 Å². The summed E-state index contributed by atoms with van der Waals surface area (Å²) in [5.74, 6) is 0.251. The minimum atomic E-state index is 0.251. The maximum absolute atomic E-state index is 5.61. The molecular formula is C4H5ClN2OS. The van der Waals surface area contributed by atoms with Crippen LogP contribution in [0.4, 0.5) is 5.82 Å². The van der Waals surface area contributed by atoms with Crippen molar-refractivity contribution in [3.05, 3.63) is 5.02 Å². The number of nitrogens with zero attached hydrogens (tertiary/aromatic N) is 1. The first-order valence-electron chi connectivity index (χ1n) is 2.20. The predicted octanol–water partition coefficient (Wildman–Crippen LogP) is 1.63. The fourth-order valence-corrected chi connectivity index (χ4v) is 1.10. The van der Waals surface area contributed by atoms with E-state index < -0.39 is 0 Å². The summed E-state index contributed by atoms with van der Waals surface area (Å²) in [5.41, 5.74) is 5.27. The van der Waals surface area contributed by atoms with E-state index in [1.54, 1.807) is 0 Å². The summed E-state index contributed by atoms with van der Waals surface area (Å²) >= 11 is 6.98. The molecule has 3 nitrogen and oxygen atoms in total. The number of nitrogen functional groups attached to an aromatic ring is 1. The molecular weight excluding hydrogens is 160 g/mol. The highest BCUT2D eigenvalue weighted by Gasteiger charge is 2.08. The molecule has 0 fully saturated rings. The van der Waals surface area contributed by atoms with Crippen molar-refractivity contribution in [2.45, 2.75) is 5.09 Å². The van der Waals surface area contributed by atoms with Gasteiger partial charge in [-0.15, -0.1) is 0 Å². The standard InChI is InChI=1S/C4H5ClN2OS/c1-9-4-2(5)3(6)7-8-4/h1H3,(H2,6,7). The summed E-state index contributed by atoms with van der Waals surface area (Å²) in [4.78, 5) is 0. The minimum absolute atomic E-state index is 0.251. The van der Waals surface area contributed by atoms with Gasteiger partial charge in [-0.25, -0.2) is 0 Å². The number of anilines is 1. The number of rotatable bonds is 1. The molecule has 0 amide bonds. The van der Waals surface area contributed by atoms with Gasteiger partial charge in [-0.05, 0) is 6.26 Å². The number of halogens is 1. The maximum Gasteiger partial charge on any atom is 0.213 e. The van der Waals surface area contributed by atoms with E-state index in [4.69, 9.17) is 21.9 Å². The minimum Gasteiger partial charge on any atom is -0.380 e. The quantitative estimate of drug-likeness (QED) is 0.641. The van der Waals surface area contributed by atoms with E-state index in [-0.39, 0.29) is 5.82 Å². The van der Waals surface area contributed by atoms with E-state index in [0.717, 1.165) is 0 Å². The number of thioether (sulfide) groups is 1. The van der Waals surface area contributed by atoms with Crippen molar-refractivity contribution >= 4 is 29.2 Å². The molecule has 0 aliphatic carbocycles. The summed E-state index contributed by atoms with van der Waals surface area (Å²) < 4.78 is 4.70. The van der Waals surface area contributed by atoms with Crippen LogP contribution >= 0.6 is 23.4 Å². The van der Waals surface area contributed by atoms with Crippen molar-refractivity contribution in [2.75, 3.05) is 12.0 Å². The van der Waals surface area contributed by atoms with Crippen LogP contribution in [-0.4, -0.2) is 11.4 Å². The zero-order valence-electron chi connectivity index (χ0n) is 4.72. The van der Waals surface area contributed by atoms with E-state index in [0.29, 0.717) is 10.1 Å². The van der Waals surface area contributed by atoms with Gasteiger partial charge in [0.05, 0.1) is 0 Å². The molecule has 9 heavy (non-hydrogen) atoms. The van der Waals surface area contributed by atoms with Gasteiger partial charge in [0.25, 0.3) is 0 Å². The van der Waals surface area contributed by atoms with Crippen molar-refractivity contribution in [3.63, 3.8) is 0 Å². The lowest BCUT2D eigenvalue weighted by atomic mass is 10.7. The van der Waals surface area contributed by atoms with Crippen LogP contribution in [0.3, 0.4) is 0 Å². The Morgan fingerprint density at radius 3 is 2.67 bits per heavy atom. The molecule has 1 rings (SSSR count). The highest BCUT2D eigenvalue weighted by molar-refractivity contribution is 7.98. The van der Waals surface area contributed by atoms with Gasteiger partial charge < -0.3 is 10.3 Å². The average Bonchev–Trinajstić information content (AvgIpc) is 2.15. The van der Waals surface area contributed by atoms with E-state index >= 15 is 0 Å². The monoisotopic (exact) mass is 164 g/mol. The molecule has 2 N–H and O–H groups in total. The van der Waals surface area contributed by atoms with Crippen LogP contribution in [0.1, 0.15) is 0 Å². The largest absolute Gasteiger partial charge is 0.380 e. The fraction of sp³-hybridized carbons (Fsp3) is 0.250. The molecule has 5 heteroatoms. The smallest absolute Gasteiger partial charge is 0.213 e. The lowest BCUT2D eigenvalue weighted by molar-refractivity contribution is 0.352. The van der Waals surface area contributed by atoms with Crippen molar-refractivity contribution in [3.8, 4) is 0 Å². The molecule has 1 aromatic heterocycles. The highest BCUT2D eigenvalue weighted by atomic mass is 35.5. The Morgan fingerprint density at radius 1 is 1.78 bits per heavy atom. The molecule has 1 aromatic rings. The topological polar surface area (TPSA) is 52.0 Å². The molecule has 0 bridgehead atoms. The number of hydrogen-bond acceptors (Lipinski definition) is 4. The molecule has 0 unspecified atom stereocenters. The Labute approximate surface area is 61.5 Å². The summed E-state index contributed by atoms with van der Waals surface area (Å²) in [6.07, 6.45) is 1.84. The first-order valence-corrected chi connectivity index (χ1v) is 3.80. The molecule has 0 atom stereocenters. The second-order valence-electron chi connectivity index (χ2n) is 1.37. The van der Waals surface area contributed by atoms with Crippen molar-refractivity contribution in [1.82, 2.24) is 5.16 Å². The van der Waals surface area contributed by atoms with Crippen LogP contribution < -0.4 is 5.73 Å². The Morgan fingerprint density at radius 2 is 2.44 bits per heavy atom. The van der Waals surface area contributed by atoms with Gasteiger partial charge in [0.1, 0.15) is 5.02 Å². The highest BCUT2D eigenvalue weighted by Crippen LogP contribution is 2.29. The Balaban J connectivity index is 3.04. The normalized spacial score (nSPS) is 10.0. The van der Waals surface area contributed by atoms with Gasteiger partial charge in [0, 0.05) is 0 Å². The molecule has 1 heterocycles. The Bertz CT molecular complexity index is 212. The van der Waals surface area contributed by atoms with Crippen LogP contribution in [-0.2, 0) is 0 Å². The fourth-order valence-electron chi connectivity index (χ4n) is 0.402. The molecule has 0 saturated carbocycles. The second-order valence-corrected chi connectivity index (χ2v) is 2.53. The van der Waals surface area contributed by atoms with Crippen molar-refractivity contribution in [2.24, 2.45) is 0 Å². The molecule has 0 saturated heterocycles. The summed E-state index contributed by atoms with van der Waals surface area (Å²) in [6.45, 7) is 0. The maximum atomic E-state index is 5.61. The summed E-state index contributed by atoms with van der Waals surface area (Å²) in [5, 5.41) is 4.41. The van der Waals surface area contributed by atoms with Gasteiger partial charge in [0.15, 0.2) is 5.82 Å². The molecule has 0 aliphatic rings. The zero-order valence-corrected chi connectivity index (χ0v) is 6.29. The van der Waals surface area contributed by atoms with Crippen LogP contribution in [0.2, 0.25) is 5.02 Å². The van der Waals surface area contributed by atoms with Gasteiger partial charge in [0.2, 0.25) is 5.09 Å². The van der Waals surface area contributed by atoms with Gasteiger partial charge in [-0.3, -0.25) is 0 Å². The lowest BCUT2D eigenvalue weighted by Crippen LogP contribution is -1.82. The molecule has 0 spiro atoms. The zero-order chi connectivity index (χ0) is 6.85. The molecule has 50 valence electrons. The number of aromatic nitrogens is 1. The third-order valence-corrected chi connectivity index (χ3v) is 1.94. The van der Waals surface area contributed by atoms with Crippen LogP contribution in [0.25, 0.3) is 0 Å². The average molecular weight is 165 g/mol.